The Labute approximate surface area is 129 Å². The van der Waals surface area contributed by atoms with E-state index >= 15 is 0 Å². The molecule has 120 valence electrons. The van der Waals surface area contributed by atoms with Crippen LogP contribution in [0.2, 0.25) is 0 Å². The van der Waals surface area contributed by atoms with Gasteiger partial charge in [-0.2, -0.15) is 0 Å². The number of sulfonamides is 1. The second-order valence-electron chi connectivity index (χ2n) is 5.37. The average molecular weight is 325 g/mol. The lowest BCUT2D eigenvalue weighted by molar-refractivity contribution is 0.101. The van der Waals surface area contributed by atoms with E-state index in [4.69, 9.17) is 5.14 Å². The number of primary sulfonamides is 1. The van der Waals surface area contributed by atoms with Gasteiger partial charge in [0, 0.05) is 24.3 Å². The maximum atomic E-state index is 12.2. The smallest absolute Gasteiger partial charge is 0.321 e. The third-order valence-electron chi connectivity index (χ3n) is 3.65. The Balaban J connectivity index is 2.06. The van der Waals surface area contributed by atoms with Crippen LogP contribution in [-0.4, -0.2) is 43.5 Å². The highest BCUT2D eigenvalue weighted by molar-refractivity contribution is 7.89. The zero-order valence-electron chi connectivity index (χ0n) is 12.3. The van der Waals surface area contributed by atoms with E-state index in [-0.39, 0.29) is 12.3 Å². The summed E-state index contributed by atoms with van der Waals surface area (Å²) in [6.07, 6.45) is 1.05. The number of nitrogens with two attached hydrogens (primary N) is 1. The molecule has 8 heteroatoms. The van der Waals surface area contributed by atoms with Crippen LogP contribution in [0.15, 0.2) is 24.3 Å². The van der Waals surface area contributed by atoms with Crippen LogP contribution in [-0.2, 0) is 10.0 Å². The van der Waals surface area contributed by atoms with E-state index in [1.807, 2.05) is 0 Å². The van der Waals surface area contributed by atoms with Crippen molar-refractivity contribution in [3.63, 3.8) is 0 Å². The van der Waals surface area contributed by atoms with Gasteiger partial charge in [-0.25, -0.2) is 18.4 Å². The standard InChI is InChI=1S/C14H19N3O4S/c1-10(18)11-4-2-5-12(8-11)16-14(19)17-7-3-6-13(9-17)22(15,20)21/h2,4-5,8,13H,3,6-7,9H2,1H3,(H,16,19)(H2,15,20,21)/t13-/m0/s1. The molecule has 2 rings (SSSR count). The van der Waals surface area contributed by atoms with Crippen LogP contribution in [0.4, 0.5) is 10.5 Å². The Bertz CT molecular complexity index is 687. The van der Waals surface area contributed by atoms with Gasteiger partial charge in [0.25, 0.3) is 0 Å². The fourth-order valence-corrected chi connectivity index (χ4v) is 3.29. The van der Waals surface area contributed by atoms with Gasteiger partial charge in [0.05, 0.1) is 5.25 Å². The predicted molar refractivity (Wildman–Crippen MR) is 83.2 cm³/mol. The number of likely N-dealkylation sites (tertiary alicyclic amines) is 1. The minimum absolute atomic E-state index is 0.0804. The minimum Gasteiger partial charge on any atom is -0.323 e. The van der Waals surface area contributed by atoms with E-state index in [0.29, 0.717) is 30.6 Å². The van der Waals surface area contributed by atoms with Gasteiger partial charge in [-0.1, -0.05) is 12.1 Å². The van der Waals surface area contributed by atoms with Crippen LogP contribution >= 0.6 is 0 Å². The number of nitrogens with one attached hydrogen (secondary N) is 1. The lowest BCUT2D eigenvalue weighted by atomic mass is 10.1. The fraction of sp³-hybridized carbons (Fsp3) is 0.429. The van der Waals surface area contributed by atoms with Gasteiger partial charge in [-0.15, -0.1) is 0 Å². The summed E-state index contributed by atoms with van der Waals surface area (Å²) in [4.78, 5) is 25.0. The van der Waals surface area contributed by atoms with Crippen molar-refractivity contribution in [3.8, 4) is 0 Å². The fourth-order valence-electron chi connectivity index (χ4n) is 2.41. The van der Waals surface area contributed by atoms with Crippen molar-refractivity contribution in [1.29, 1.82) is 0 Å². The summed E-state index contributed by atoms with van der Waals surface area (Å²) in [5.41, 5.74) is 0.995. The van der Waals surface area contributed by atoms with Gasteiger partial charge < -0.3 is 10.2 Å². The number of ketones is 1. The lowest BCUT2D eigenvalue weighted by Crippen LogP contribution is -2.48. The second kappa shape index (κ2) is 6.45. The van der Waals surface area contributed by atoms with Crippen molar-refractivity contribution < 1.29 is 18.0 Å². The first-order chi connectivity index (χ1) is 10.3. The largest absolute Gasteiger partial charge is 0.323 e. The zero-order chi connectivity index (χ0) is 16.3. The van der Waals surface area contributed by atoms with Crippen LogP contribution in [0.5, 0.6) is 0 Å². The van der Waals surface area contributed by atoms with Gasteiger partial charge in [-0.3, -0.25) is 4.79 Å². The van der Waals surface area contributed by atoms with E-state index in [1.165, 1.54) is 11.8 Å². The normalized spacial score (nSPS) is 18.8. The SMILES string of the molecule is CC(=O)c1cccc(NC(=O)N2CCC[C@H](S(N)(=O)=O)C2)c1. The summed E-state index contributed by atoms with van der Waals surface area (Å²) < 4.78 is 22.8. The number of benzene rings is 1. The van der Waals surface area contributed by atoms with E-state index in [2.05, 4.69) is 5.32 Å². The third kappa shape index (κ3) is 4.05. The molecule has 0 aromatic heterocycles. The molecule has 1 aliphatic heterocycles. The van der Waals surface area contributed by atoms with Crippen molar-refractivity contribution in [1.82, 2.24) is 4.90 Å². The number of anilines is 1. The van der Waals surface area contributed by atoms with E-state index in [9.17, 15) is 18.0 Å². The lowest BCUT2D eigenvalue weighted by Gasteiger charge is -2.31. The monoisotopic (exact) mass is 325 g/mol. The molecule has 1 aliphatic rings. The summed E-state index contributed by atoms with van der Waals surface area (Å²) in [7, 11) is -3.65. The van der Waals surface area contributed by atoms with Crippen molar-refractivity contribution in [2.24, 2.45) is 5.14 Å². The molecule has 1 aromatic carbocycles. The van der Waals surface area contributed by atoms with Crippen LogP contribution < -0.4 is 10.5 Å². The Kier molecular flexibility index (Phi) is 4.82. The number of hydrogen-bond donors (Lipinski definition) is 2. The Morgan fingerprint density at radius 1 is 1.36 bits per heavy atom. The molecule has 1 saturated heterocycles. The van der Waals surface area contributed by atoms with Gasteiger partial charge in [0.15, 0.2) is 5.78 Å². The summed E-state index contributed by atoms with van der Waals surface area (Å²) in [6, 6.07) is 6.20. The highest BCUT2D eigenvalue weighted by atomic mass is 32.2. The molecule has 2 amide bonds. The molecule has 7 nitrogen and oxygen atoms in total. The molecule has 0 bridgehead atoms. The van der Waals surface area contributed by atoms with Crippen LogP contribution in [0, 0.1) is 0 Å². The molecule has 1 heterocycles. The molecule has 0 unspecified atom stereocenters. The summed E-state index contributed by atoms with van der Waals surface area (Å²) >= 11 is 0. The number of carbonyl (C=O) groups excluding carboxylic acids is 2. The summed E-state index contributed by atoms with van der Waals surface area (Å²) in [5.74, 6) is -0.0941. The molecule has 0 aliphatic carbocycles. The summed E-state index contributed by atoms with van der Waals surface area (Å²) in [6.45, 7) is 2.00. The molecular weight excluding hydrogens is 306 g/mol. The topological polar surface area (TPSA) is 110 Å². The van der Waals surface area contributed by atoms with Crippen LogP contribution in [0.3, 0.4) is 0 Å². The number of amides is 2. The van der Waals surface area contributed by atoms with Gasteiger partial charge >= 0.3 is 6.03 Å². The van der Waals surface area contributed by atoms with E-state index in [0.717, 1.165) is 0 Å². The molecule has 0 saturated carbocycles. The van der Waals surface area contributed by atoms with Crippen molar-refractivity contribution in [3.05, 3.63) is 29.8 Å². The summed E-state index contributed by atoms with van der Waals surface area (Å²) in [5, 5.41) is 7.11. The van der Waals surface area contributed by atoms with Crippen molar-refractivity contribution in [2.75, 3.05) is 18.4 Å². The minimum atomic E-state index is -3.65. The van der Waals surface area contributed by atoms with E-state index in [1.54, 1.807) is 24.3 Å². The van der Waals surface area contributed by atoms with Gasteiger partial charge in [0.1, 0.15) is 0 Å². The molecule has 1 fully saturated rings. The van der Waals surface area contributed by atoms with Crippen LogP contribution in [0.25, 0.3) is 0 Å². The Hall–Kier alpha value is -1.93. The number of Topliss-reactive ketones (excluding diaryl/α,β-unsaturated/α-hetero) is 1. The maximum Gasteiger partial charge on any atom is 0.321 e. The average Bonchev–Trinajstić information content (AvgIpc) is 2.46. The number of hydrogen-bond acceptors (Lipinski definition) is 4. The number of piperidine rings is 1. The molecule has 22 heavy (non-hydrogen) atoms. The second-order valence-corrected chi connectivity index (χ2v) is 7.21. The van der Waals surface area contributed by atoms with Gasteiger partial charge in [-0.05, 0) is 31.9 Å². The predicted octanol–water partition coefficient (Wildman–Crippen LogP) is 1.17. The van der Waals surface area contributed by atoms with Crippen LogP contribution in [0.1, 0.15) is 30.1 Å². The third-order valence-corrected chi connectivity index (χ3v) is 4.96. The van der Waals surface area contributed by atoms with Crippen molar-refractivity contribution in [2.45, 2.75) is 25.0 Å². The first kappa shape index (κ1) is 16.4. The van der Waals surface area contributed by atoms with Gasteiger partial charge in [0.2, 0.25) is 10.0 Å². The highest BCUT2D eigenvalue weighted by Crippen LogP contribution is 2.17. The zero-order valence-corrected chi connectivity index (χ0v) is 13.1. The molecule has 0 spiro atoms. The first-order valence-electron chi connectivity index (χ1n) is 6.96. The quantitative estimate of drug-likeness (QED) is 0.813. The number of carbonyl (C=O) groups is 2. The molecule has 1 atom stereocenters. The Morgan fingerprint density at radius 3 is 2.73 bits per heavy atom. The van der Waals surface area contributed by atoms with Crippen molar-refractivity contribution >= 4 is 27.5 Å². The number of nitrogens with zero attached hydrogens (tertiary/aromatic N) is 1. The molecular formula is C14H19N3O4S. The molecule has 1 aromatic rings. The highest BCUT2D eigenvalue weighted by Gasteiger charge is 2.30. The molecule has 0 radical (unpaired) electrons. The first-order valence-corrected chi connectivity index (χ1v) is 8.57. The maximum absolute atomic E-state index is 12.2. The molecule has 3 N–H and O–H groups in total. The number of rotatable bonds is 3. The Morgan fingerprint density at radius 2 is 2.09 bits per heavy atom. The van der Waals surface area contributed by atoms with E-state index < -0.39 is 21.3 Å². The number of urea groups is 1.